The van der Waals surface area contributed by atoms with Crippen LogP contribution in [-0.2, 0) is 9.53 Å². The van der Waals surface area contributed by atoms with Crippen LogP contribution in [0.25, 0.3) is 6.08 Å². The van der Waals surface area contributed by atoms with Crippen molar-refractivity contribution >= 4 is 29.3 Å². The average Bonchev–Trinajstić information content (AvgIpc) is 3.15. The fraction of sp³-hybridized carbons (Fsp3) is 0.0435. The maximum Gasteiger partial charge on any atom is 0.363 e. The highest BCUT2D eigenvalue weighted by atomic mass is 16.6. The lowest BCUT2D eigenvalue weighted by Gasteiger charge is -2.06. The number of nitrogens with zero attached hydrogens (tertiary/aromatic N) is 3. The molecule has 1 heterocycles. The fourth-order valence-corrected chi connectivity index (χ4v) is 3.10. The first-order valence-corrected chi connectivity index (χ1v) is 9.61. The number of non-ortho nitro benzene ring substituents is 1. The van der Waals surface area contributed by atoms with Gasteiger partial charge < -0.3 is 9.47 Å². The molecule has 10 heteroatoms. The van der Waals surface area contributed by atoms with Crippen LogP contribution in [0, 0.1) is 27.2 Å². The van der Waals surface area contributed by atoms with Crippen molar-refractivity contribution in [2.24, 2.45) is 4.99 Å². The zero-order valence-corrected chi connectivity index (χ0v) is 17.1. The van der Waals surface area contributed by atoms with Crippen molar-refractivity contribution in [1.29, 1.82) is 0 Å². The maximum absolute atomic E-state index is 12.2. The normalized spacial score (nSPS) is 14.0. The first-order chi connectivity index (χ1) is 15.8. The molecule has 0 fully saturated rings. The Hall–Kier alpha value is -4.86. The second-order valence-corrected chi connectivity index (χ2v) is 6.99. The Bertz CT molecular complexity index is 1340. The number of nitro benzene ring substituents is 2. The molecule has 164 valence electrons. The molecule has 4 rings (SSSR count). The second kappa shape index (κ2) is 8.71. The Morgan fingerprint density at radius 2 is 1.70 bits per heavy atom. The lowest BCUT2D eigenvalue weighted by atomic mass is 10.1. The van der Waals surface area contributed by atoms with Crippen LogP contribution in [0.1, 0.15) is 16.7 Å². The quantitative estimate of drug-likeness (QED) is 0.227. The van der Waals surface area contributed by atoms with Crippen molar-refractivity contribution in [2.45, 2.75) is 6.92 Å². The Labute approximate surface area is 186 Å². The largest absolute Gasteiger partial charge is 0.450 e. The van der Waals surface area contributed by atoms with E-state index in [1.54, 1.807) is 30.3 Å². The van der Waals surface area contributed by atoms with Crippen LogP contribution in [0.2, 0.25) is 0 Å². The zero-order valence-electron chi connectivity index (χ0n) is 17.1. The maximum atomic E-state index is 12.2. The zero-order chi connectivity index (χ0) is 23.5. The summed E-state index contributed by atoms with van der Waals surface area (Å²) in [5.41, 5.74) is 1.47. The minimum Gasteiger partial charge on any atom is -0.450 e. The molecule has 0 aliphatic carbocycles. The van der Waals surface area contributed by atoms with Gasteiger partial charge in [0.25, 0.3) is 5.69 Å². The summed E-state index contributed by atoms with van der Waals surface area (Å²) in [6.45, 7) is 1.89. The third-order valence-corrected chi connectivity index (χ3v) is 4.76. The number of benzene rings is 3. The Kier molecular flexibility index (Phi) is 5.64. The molecule has 10 nitrogen and oxygen atoms in total. The van der Waals surface area contributed by atoms with E-state index in [0.717, 1.165) is 23.3 Å². The van der Waals surface area contributed by atoms with Gasteiger partial charge in [-0.3, -0.25) is 20.2 Å². The first kappa shape index (κ1) is 21.4. The molecule has 1 aliphatic heterocycles. The molecule has 0 spiro atoms. The summed E-state index contributed by atoms with van der Waals surface area (Å²) in [5, 5.41) is 22.1. The predicted octanol–water partition coefficient (Wildman–Crippen LogP) is 4.95. The number of aliphatic imine (C=N–C) groups is 1. The van der Waals surface area contributed by atoms with Crippen molar-refractivity contribution in [3.63, 3.8) is 0 Å². The summed E-state index contributed by atoms with van der Waals surface area (Å²) >= 11 is 0. The highest BCUT2D eigenvalue weighted by molar-refractivity contribution is 6.13. The van der Waals surface area contributed by atoms with Gasteiger partial charge in [-0.05, 0) is 48.4 Å². The van der Waals surface area contributed by atoms with E-state index < -0.39 is 27.2 Å². The fourth-order valence-electron chi connectivity index (χ4n) is 3.10. The van der Waals surface area contributed by atoms with E-state index >= 15 is 0 Å². The first-order valence-electron chi connectivity index (χ1n) is 9.61. The van der Waals surface area contributed by atoms with Crippen LogP contribution in [-0.4, -0.2) is 21.7 Å². The van der Waals surface area contributed by atoms with Crippen molar-refractivity contribution in [3.8, 4) is 11.5 Å². The lowest BCUT2D eigenvalue weighted by Crippen LogP contribution is -2.06. The van der Waals surface area contributed by atoms with E-state index in [1.807, 2.05) is 31.2 Å². The van der Waals surface area contributed by atoms with Gasteiger partial charge in [-0.1, -0.05) is 30.3 Å². The molecule has 0 atom stereocenters. The molecule has 0 saturated carbocycles. The molecule has 0 amide bonds. The van der Waals surface area contributed by atoms with Gasteiger partial charge in [0.2, 0.25) is 11.6 Å². The van der Waals surface area contributed by atoms with E-state index in [4.69, 9.17) is 9.47 Å². The van der Waals surface area contributed by atoms with Crippen LogP contribution in [0.5, 0.6) is 11.5 Å². The van der Waals surface area contributed by atoms with Gasteiger partial charge in [0.05, 0.1) is 15.9 Å². The molecule has 0 N–H and O–H groups in total. The topological polar surface area (TPSA) is 134 Å². The van der Waals surface area contributed by atoms with Crippen molar-refractivity contribution < 1.29 is 24.1 Å². The smallest absolute Gasteiger partial charge is 0.363 e. The number of nitro groups is 2. The number of aryl methyl sites for hydroxylation is 1. The Morgan fingerprint density at radius 3 is 2.36 bits per heavy atom. The highest BCUT2D eigenvalue weighted by Crippen LogP contribution is 2.34. The summed E-state index contributed by atoms with van der Waals surface area (Å²) in [6.07, 6.45) is 1.55. The van der Waals surface area contributed by atoms with Gasteiger partial charge in [-0.15, -0.1) is 0 Å². The minimum atomic E-state index is -0.753. The van der Waals surface area contributed by atoms with E-state index in [-0.39, 0.29) is 23.1 Å². The summed E-state index contributed by atoms with van der Waals surface area (Å²) < 4.78 is 10.8. The molecule has 0 bridgehead atoms. The van der Waals surface area contributed by atoms with Crippen LogP contribution < -0.4 is 4.74 Å². The molecule has 0 saturated heterocycles. The number of carbonyl (C=O) groups excluding carboxylic acids is 1. The van der Waals surface area contributed by atoms with E-state index in [2.05, 4.69) is 4.99 Å². The molecule has 33 heavy (non-hydrogen) atoms. The molecular formula is C23H15N3O7. The summed E-state index contributed by atoms with van der Waals surface area (Å²) in [4.78, 5) is 37.1. The minimum absolute atomic E-state index is 0.132. The summed E-state index contributed by atoms with van der Waals surface area (Å²) in [7, 11) is 0. The molecule has 1 aliphatic rings. The molecule has 3 aromatic rings. The van der Waals surface area contributed by atoms with Crippen molar-refractivity contribution in [1.82, 2.24) is 0 Å². The standard InChI is InChI=1S/C23H15N3O7/c1-14-4-2-3-5-18(14)22-24-19(23(27)33-22)12-15-6-9-17(10-7-15)32-21-11-8-16(25(28)29)13-20(21)26(30)31/h2-13H,1H3/b19-12-. The van der Waals surface area contributed by atoms with Crippen molar-refractivity contribution in [2.75, 3.05) is 0 Å². The number of rotatable bonds is 6. The average molecular weight is 445 g/mol. The van der Waals surface area contributed by atoms with E-state index in [0.29, 0.717) is 5.56 Å². The number of cyclic esters (lactones) is 1. The predicted molar refractivity (Wildman–Crippen MR) is 118 cm³/mol. The third kappa shape index (κ3) is 4.59. The number of carbonyl (C=O) groups is 1. The number of ether oxygens (including phenoxy) is 2. The molecule has 3 aromatic carbocycles. The van der Waals surface area contributed by atoms with Crippen LogP contribution in [0.3, 0.4) is 0 Å². The monoisotopic (exact) mass is 445 g/mol. The number of esters is 1. The van der Waals surface area contributed by atoms with Gasteiger partial charge in [0.15, 0.2) is 5.70 Å². The Morgan fingerprint density at radius 1 is 0.970 bits per heavy atom. The lowest BCUT2D eigenvalue weighted by molar-refractivity contribution is -0.394. The number of hydrogen-bond acceptors (Lipinski definition) is 8. The highest BCUT2D eigenvalue weighted by Gasteiger charge is 2.25. The second-order valence-electron chi connectivity index (χ2n) is 6.99. The van der Waals surface area contributed by atoms with E-state index in [1.165, 1.54) is 6.07 Å². The molecule has 0 radical (unpaired) electrons. The third-order valence-electron chi connectivity index (χ3n) is 4.76. The summed E-state index contributed by atoms with van der Waals surface area (Å²) in [6, 6.07) is 16.9. The van der Waals surface area contributed by atoms with Gasteiger partial charge >= 0.3 is 11.7 Å². The molecule has 0 unspecified atom stereocenters. The van der Waals surface area contributed by atoms with Crippen LogP contribution >= 0.6 is 0 Å². The van der Waals surface area contributed by atoms with Crippen molar-refractivity contribution in [3.05, 3.63) is 109 Å². The van der Waals surface area contributed by atoms with Gasteiger partial charge in [-0.25, -0.2) is 9.79 Å². The van der Waals surface area contributed by atoms with Gasteiger partial charge in [0.1, 0.15) is 5.75 Å². The number of hydrogen-bond donors (Lipinski definition) is 0. The van der Waals surface area contributed by atoms with Gasteiger partial charge in [-0.2, -0.15) is 0 Å². The summed E-state index contributed by atoms with van der Waals surface area (Å²) in [5.74, 6) is -0.208. The van der Waals surface area contributed by atoms with Crippen LogP contribution in [0.4, 0.5) is 11.4 Å². The van der Waals surface area contributed by atoms with Crippen LogP contribution in [0.15, 0.2) is 77.4 Å². The molecule has 0 aromatic heterocycles. The van der Waals surface area contributed by atoms with Gasteiger partial charge in [0, 0.05) is 11.6 Å². The van der Waals surface area contributed by atoms with E-state index in [9.17, 15) is 25.0 Å². The molecular weight excluding hydrogens is 430 g/mol. The Balaban J connectivity index is 1.55. The SMILES string of the molecule is Cc1ccccc1C1=N/C(=C\c2ccc(Oc3ccc([N+](=O)[O-])cc3[N+](=O)[O-])cc2)C(=O)O1.